The van der Waals surface area contributed by atoms with E-state index in [9.17, 15) is 26.4 Å². The van der Waals surface area contributed by atoms with Gasteiger partial charge in [0.15, 0.2) is 6.61 Å². The van der Waals surface area contributed by atoms with Crippen LogP contribution in [0.5, 0.6) is 5.75 Å². The third kappa shape index (κ3) is 5.83. The van der Waals surface area contributed by atoms with Gasteiger partial charge in [-0.2, -0.15) is 13.2 Å². The molecule has 7 nitrogen and oxygen atoms in total. The van der Waals surface area contributed by atoms with Crippen LogP contribution < -0.4 is 13.9 Å². The lowest BCUT2D eigenvalue weighted by Gasteiger charge is -2.36. The monoisotopic (exact) mass is 559 g/mol. The number of ether oxygens (including phenoxy) is 1. The summed E-state index contributed by atoms with van der Waals surface area (Å²) in [7, 11) is -3.74. The van der Waals surface area contributed by atoms with Crippen LogP contribution in [0.25, 0.3) is 0 Å². The maximum Gasteiger partial charge on any atom is 0.416 e. The Morgan fingerprint density at radius 2 is 1.59 bits per heavy atom. The predicted molar refractivity (Wildman–Crippen MR) is 141 cm³/mol. The molecule has 1 amide bonds. The summed E-state index contributed by atoms with van der Waals surface area (Å²) in [6.45, 7) is 1.70. The maximum absolute atomic E-state index is 13.3. The highest BCUT2D eigenvalue weighted by Gasteiger charge is 2.32. The van der Waals surface area contributed by atoms with E-state index in [0.29, 0.717) is 49.8 Å². The van der Waals surface area contributed by atoms with Crippen molar-refractivity contribution in [2.45, 2.75) is 23.9 Å². The van der Waals surface area contributed by atoms with Gasteiger partial charge >= 0.3 is 6.18 Å². The lowest BCUT2D eigenvalue weighted by Crippen LogP contribution is -2.50. The highest BCUT2D eigenvalue weighted by Crippen LogP contribution is 2.33. The molecule has 0 bridgehead atoms. The number of aryl methyl sites for hydroxylation is 1. The van der Waals surface area contributed by atoms with Crippen molar-refractivity contribution >= 4 is 27.3 Å². The van der Waals surface area contributed by atoms with Crippen LogP contribution in [0.4, 0.5) is 24.5 Å². The number of carbonyl (C=O) groups is 1. The first-order valence-corrected chi connectivity index (χ1v) is 14.1. The molecule has 2 aliphatic rings. The van der Waals surface area contributed by atoms with E-state index in [1.807, 2.05) is 29.2 Å². The van der Waals surface area contributed by atoms with Gasteiger partial charge in [0.1, 0.15) is 5.75 Å². The average Bonchev–Trinajstić information content (AvgIpc) is 2.95. The molecule has 0 atom stereocenters. The minimum atomic E-state index is -4.41. The highest BCUT2D eigenvalue weighted by molar-refractivity contribution is 7.92. The molecule has 1 saturated heterocycles. The fourth-order valence-electron chi connectivity index (χ4n) is 4.91. The number of rotatable bonds is 6. The zero-order valence-electron chi connectivity index (χ0n) is 21.1. The molecule has 1 fully saturated rings. The van der Waals surface area contributed by atoms with Crippen molar-refractivity contribution in [2.75, 3.05) is 48.5 Å². The van der Waals surface area contributed by atoms with Gasteiger partial charge in [-0.3, -0.25) is 9.10 Å². The number of hydrogen-bond acceptors (Lipinski definition) is 5. The molecule has 0 saturated carbocycles. The summed E-state index contributed by atoms with van der Waals surface area (Å²) in [4.78, 5) is 16.3. The number of halogens is 3. The number of nitrogens with zero attached hydrogens (tertiary/aromatic N) is 3. The van der Waals surface area contributed by atoms with Gasteiger partial charge in [0, 0.05) is 38.4 Å². The molecule has 206 valence electrons. The summed E-state index contributed by atoms with van der Waals surface area (Å²) >= 11 is 0. The van der Waals surface area contributed by atoms with E-state index >= 15 is 0 Å². The van der Waals surface area contributed by atoms with Crippen LogP contribution >= 0.6 is 0 Å². The summed E-state index contributed by atoms with van der Waals surface area (Å²) in [5.41, 5.74) is 1.46. The third-order valence-electron chi connectivity index (χ3n) is 7.01. The molecule has 2 heterocycles. The number of para-hydroxylation sites is 1. The van der Waals surface area contributed by atoms with E-state index in [0.717, 1.165) is 30.5 Å². The largest absolute Gasteiger partial charge is 0.484 e. The van der Waals surface area contributed by atoms with Crippen molar-refractivity contribution in [1.29, 1.82) is 0 Å². The van der Waals surface area contributed by atoms with Gasteiger partial charge in [0.2, 0.25) is 0 Å². The summed E-state index contributed by atoms with van der Waals surface area (Å²) in [6, 6.07) is 18.7. The Balaban J connectivity index is 1.15. The molecule has 0 aromatic heterocycles. The quantitative estimate of drug-likeness (QED) is 0.443. The zero-order chi connectivity index (χ0) is 27.6. The average molecular weight is 560 g/mol. The van der Waals surface area contributed by atoms with Crippen molar-refractivity contribution in [3.05, 3.63) is 83.9 Å². The van der Waals surface area contributed by atoms with Crippen LogP contribution in [0.1, 0.15) is 17.5 Å². The summed E-state index contributed by atoms with van der Waals surface area (Å²) < 4.78 is 72.7. The van der Waals surface area contributed by atoms with Crippen LogP contribution in [-0.2, 0) is 27.4 Å². The van der Waals surface area contributed by atoms with Crippen molar-refractivity contribution < 1.29 is 31.1 Å². The molecule has 3 aromatic carbocycles. The molecule has 0 spiro atoms. The minimum Gasteiger partial charge on any atom is -0.484 e. The van der Waals surface area contributed by atoms with Gasteiger partial charge in [0.25, 0.3) is 15.9 Å². The van der Waals surface area contributed by atoms with Gasteiger partial charge in [-0.05, 0) is 66.9 Å². The topological polar surface area (TPSA) is 70.2 Å². The summed E-state index contributed by atoms with van der Waals surface area (Å²) in [5, 5.41) is 0. The second-order valence-electron chi connectivity index (χ2n) is 9.49. The number of alkyl halides is 3. The summed E-state index contributed by atoms with van der Waals surface area (Å²) in [5.74, 6) is 0.115. The van der Waals surface area contributed by atoms with Crippen molar-refractivity contribution in [1.82, 2.24) is 4.90 Å². The zero-order valence-corrected chi connectivity index (χ0v) is 21.9. The van der Waals surface area contributed by atoms with E-state index in [1.54, 1.807) is 11.0 Å². The Morgan fingerprint density at radius 3 is 2.31 bits per heavy atom. The molecule has 0 radical (unpaired) electrons. The Kier molecular flexibility index (Phi) is 7.44. The fraction of sp³-hybridized carbons (Fsp3) is 0.321. The number of carbonyl (C=O) groups excluding carboxylic acids is 1. The van der Waals surface area contributed by atoms with Gasteiger partial charge < -0.3 is 14.5 Å². The molecule has 0 unspecified atom stereocenters. The first-order chi connectivity index (χ1) is 18.6. The molecular weight excluding hydrogens is 531 g/mol. The minimum absolute atomic E-state index is 0.142. The fourth-order valence-corrected chi connectivity index (χ4v) is 6.45. The van der Waals surface area contributed by atoms with E-state index in [-0.39, 0.29) is 17.4 Å². The van der Waals surface area contributed by atoms with Crippen LogP contribution in [0.15, 0.2) is 77.7 Å². The van der Waals surface area contributed by atoms with E-state index in [1.165, 1.54) is 34.6 Å². The molecule has 5 rings (SSSR count). The number of sulfonamides is 1. The Labute approximate surface area is 225 Å². The Morgan fingerprint density at radius 1 is 0.872 bits per heavy atom. The summed E-state index contributed by atoms with van der Waals surface area (Å²) in [6.07, 6.45) is -2.83. The SMILES string of the molecule is O=C(COc1ccc(S(=O)(=O)N2CCCc3ccccc32)cc1)N1CCN(c2cccc(C(F)(F)F)c2)CC1. The normalized spacial score (nSPS) is 16.1. The lowest BCUT2D eigenvalue weighted by atomic mass is 10.0. The maximum atomic E-state index is 13.3. The van der Waals surface area contributed by atoms with Crippen LogP contribution in [0, 0.1) is 0 Å². The van der Waals surface area contributed by atoms with Crippen LogP contribution in [0.3, 0.4) is 0 Å². The smallest absolute Gasteiger partial charge is 0.416 e. The second-order valence-corrected chi connectivity index (χ2v) is 11.3. The van der Waals surface area contributed by atoms with Gasteiger partial charge in [-0.1, -0.05) is 24.3 Å². The van der Waals surface area contributed by atoms with Gasteiger partial charge in [-0.15, -0.1) is 0 Å². The number of amides is 1. The van der Waals surface area contributed by atoms with E-state index in [4.69, 9.17) is 4.74 Å². The van der Waals surface area contributed by atoms with E-state index in [2.05, 4.69) is 0 Å². The Bertz CT molecular complexity index is 1440. The number of fused-ring (bicyclic) bond motifs is 1. The molecular formula is C28H28F3N3O4S. The third-order valence-corrected chi connectivity index (χ3v) is 8.84. The Hall–Kier alpha value is -3.73. The molecule has 39 heavy (non-hydrogen) atoms. The van der Waals surface area contributed by atoms with E-state index < -0.39 is 21.8 Å². The van der Waals surface area contributed by atoms with Crippen LogP contribution in [-0.4, -0.2) is 58.6 Å². The first kappa shape index (κ1) is 26.9. The molecule has 11 heteroatoms. The number of piperazine rings is 1. The molecule has 0 N–H and O–H groups in total. The standard InChI is InChI=1S/C28H28F3N3O4S/c29-28(30,31)22-7-3-8-23(19-22)32-15-17-33(18-16-32)27(35)20-38-24-10-12-25(13-11-24)39(36,37)34-14-4-6-21-5-1-2-9-26(21)34/h1-3,5,7-13,19H,4,6,14-18,20H2. The second kappa shape index (κ2) is 10.8. The first-order valence-electron chi connectivity index (χ1n) is 12.7. The number of anilines is 2. The molecule has 2 aliphatic heterocycles. The number of hydrogen-bond donors (Lipinski definition) is 0. The van der Waals surface area contributed by atoms with Crippen molar-refractivity contribution in [3.63, 3.8) is 0 Å². The van der Waals surface area contributed by atoms with Crippen molar-refractivity contribution in [3.8, 4) is 5.75 Å². The lowest BCUT2D eigenvalue weighted by molar-refractivity contribution is -0.137. The molecule has 3 aromatic rings. The number of benzene rings is 3. The van der Waals surface area contributed by atoms with Crippen LogP contribution in [0.2, 0.25) is 0 Å². The molecule has 0 aliphatic carbocycles. The van der Waals surface area contributed by atoms with Gasteiger partial charge in [0.05, 0.1) is 16.1 Å². The van der Waals surface area contributed by atoms with Gasteiger partial charge in [-0.25, -0.2) is 8.42 Å². The highest BCUT2D eigenvalue weighted by atomic mass is 32.2. The predicted octanol–water partition coefficient (Wildman–Crippen LogP) is 4.57. The van der Waals surface area contributed by atoms with Crippen molar-refractivity contribution in [2.24, 2.45) is 0 Å².